The van der Waals surface area contributed by atoms with Gasteiger partial charge in [0.05, 0.1) is 46.0 Å². The summed E-state index contributed by atoms with van der Waals surface area (Å²) in [5, 5.41) is 0. The fraction of sp³-hybridized carbons (Fsp3) is 0.387. The minimum atomic E-state index is -4.00. The Balaban J connectivity index is 0.000000408. The summed E-state index contributed by atoms with van der Waals surface area (Å²) in [6.45, 7) is 0.858. The van der Waals surface area contributed by atoms with E-state index in [9.17, 15) is 13.2 Å². The zero-order valence-electron chi connectivity index (χ0n) is 24.9. The lowest BCUT2D eigenvalue weighted by Crippen LogP contribution is -2.50. The monoisotopic (exact) mass is 601 g/mol. The number of methoxy groups -OCH3 is 5. The van der Waals surface area contributed by atoms with E-state index >= 15 is 0 Å². The van der Waals surface area contributed by atoms with Gasteiger partial charge in [0.15, 0.2) is 23.0 Å². The van der Waals surface area contributed by atoms with Crippen LogP contribution in [0, 0.1) is 0 Å². The maximum atomic E-state index is 12.2. The first kappa shape index (κ1) is 32.7. The van der Waals surface area contributed by atoms with Crippen LogP contribution in [-0.2, 0) is 38.0 Å². The maximum absolute atomic E-state index is 12.2. The van der Waals surface area contributed by atoms with Gasteiger partial charge in [-0.2, -0.15) is 8.42 Å². The zero-order chi connectivity index (χ0) is 30.9. The van der Waals surface area contributed by atoms with Gasteiger partial charge >= 0.3 is 5.97 Å². The van der Waals surface area contributed by atoms with Crippen molar-refractivity contribution in [3.05, 3.63) is 77.4 Å². The molecule has 1 heterocycles. The summed E-state index contributed by atoms with van der Waals surface area (Å²) >= 11 is 0. The third kappa shape index (κ3) is 7.53. The van der Waals surface area contributed by atoms with E-state index in [1.54, 1.807) is 46.6 Å². The van der Waals surface area contributed by atoms with Crippen molar-refractivity contribution in [3.63, 3.8) is 0 Å². The molecule has 0 radical (unpaired) electrons. The van der Waals surface area contributed by atoms with Gasteiger partial charge in [0, 0.05) is 13.0 Å². The number of esters is 1. The molecule has 1 aliphatic rings. The van der Waals surface area contributed by atoms with Crippen LogP contribution in [0.1, 0.15) is 29.5 Å². The highest BCUT2D eigenvalue weighted by Crippen LogP contribution is 2.46. The Hall–Kier alpha value is -3.80. The molecule has 0 spiro atoms. The molecule has 10 nitrogen and oxygen atoms in total. The molecular formula is C31H39NO9S. The van der Waals surface area contributed by atoms with Crippen LogP contribution in [0.2, 0.25) is 0 Å². The van der Waals surface area contributed by atoms with Crippen LogP contribution in [0.25, 0.3) is 0 Å². The fourth-order valence-corrected chi connectivity index (χ4v) is 5.75. The van der Waals surface area contributed by atoms with Gasteiger partial charge < -0.3 is 23.7 Å². The fourth-order valence-electron chi connectivity index (χ4n) is 5.24. The third-order valence-corrected chi connectivity index (χ3v) is 8.38. The van der Waals surface area contributed by atoms with E-state index in [2.05, 4.69) is 24.1 Å². The van der Waals surface area contributed by atoms with Crippen molar-refractivity contribution in [2.24, 2.45) is 0 Å². The summed E-state index contributed by atoms with van der Waals surface area (Å²) in [6, 6.07) is 17.5. The topological polar surface area (TPSA) is 121 Å². The SMILES string of the molecule is COC(=O)CC[C@@]1(Cc2ccc(OC)c(OC)c2)c2cc(OC)c(OC)cc2CCN1C.O=S(=O)(O)c1ccccc1. The lowest BCUT2D eigenvalue weighted by molar-refractivity contribution is -0.141. The molecule has 1 aliphatic heterocycles. The third-order valence-electron chi connectivity index (χ3n) is 7.51. The number of hydrogen-bond donors (Lipinski definition) is 1. The second kappa shape index (κ2) is 14.4. The molecule has 0 unspecified atom stereocenters. The van der Waals surface area contributed by atoms with Crippen LogP contribution in [0.4, 0.5) is 0 Å². The van der Waals surface area contributed by atoms with Crippen molar-refractivity contribution in [3.8, 4) is 23.0 Å². The standard InChI is InChI=1S/C25H33NO6.C6H6O3S/c1-26-12-10-18-14-22(30-4)23(31-5)15-19(18)25(26,11-9-24(27)32-6)16-17-7-8-20(28-2)21(13-17)29-3;7-10(8,9)6-4-2-1-3-5-6/h7-8,13-15H,9-12,16H2,1-6H3;1-5H,(H,7,8,9)/t25-;/m1./s1. The molecule has 0 aliphatic carbocycles. The summed E-state index contributed by atoms with van der Waals surface area (Å²) in [5.41, 5.74) is 3.00. The normalized spacial score (nSPS) is 16.4. The molecular weight excluding hydrogens is 562 g/mol. The summed E-state index contributed by atoms with van der Waals surface area (Å²) in [4.78, 5) is 14.4. The Morgan fingerprint density at radius 3 is 2.00 bits per heavy atom. The number of nitrogens with zero attached hydrogens (tertiary/aromatic N) is 1. The van der Waals surface area contributed by atoms with Crippen LogP contribution in [0.3, 0.4) is 0 Å². The van der Waals surface area contributed by atoms with E-state index in [4.69, 9.17) is 28.2 Å². The van der Waals surface area contributed by atoms with Crippen LogP contribution in [0.5, 0.6) is 23.0 Å². The highest BCUT2D eigenvalue weighted by Gasteiger charge is 2.42. The van der Waals surface area contributed by atoms with Crippen molar-refractivity contribution in [1.29, 1.82) is 0 Å². The second-order valence-corrected chi connectivity index (χ2v) is 11.2. The lowest BCUT2D eigenvalue weighted by Gasteiger charge is -2.47. The first-order chi connectivity index (χ1) is 20.0. The molecule has 1 atom stereocenters. The molecule has 1 N–H and O–H groups in total. The van der Waals surface area contributed by atoms with E-state index in [1.807, 2.05) is 18.2 Å². The predicted molar refractivity (Wildman–Crippen MR) is 158 cm³/mol. The summed E-state index contributed by atoms with van der Waals surface area (Å²) in [5.74, 6) is 2.53. The number of carbonyl (C=O) groups is 1. The van der Waals surface area contributed by atoms with Crippen molar-refractivity contribution in [1.82, 2.24) is 4.90 Å². The highest BCUT2D eigenvalue weighted by molar-refractivity contribution is 7.85. The quantitative estimate of drug-likeness (QED) is 0.262. The Morgan fingerprint density at radius 1 is 0.857 bits per heavy atom. The van der Waals surface area contributed by atoms with Crippen molar-refractivity contribution >= 4 is 16.1 Å². The number of rotatable bonds is 10. The van der Waals surface area contributed by atoms with Crippen LogP contribution in [0.15, 0.2) is 65.6 Å². The number of hydrogen-bond acceptors (Lipinski definition) is 9. The second-order valence-electron chi connectivity index (χ2n) is 9.80. The molecule has 4 rings (SSSR count). The molecule has 0 fully saturated rings. The average Bonchev–Trinajstić information content (AvgIpc) is 3.01. The Labute approximate surface area is 247 Å². The van der Waals surface area contributed by atoms with Crippen LogP contribution >= 0.6 is 0 Å². The number of benzene rings is 3. The number of carbonyl (C=O) groups excluding carboxylic acids is 1. The molecule has 42 heavy (non-hydrogen) atoms. The van der Waals surface area contributed by atoms with Gasteiger partial charge in [-0.3, -0.25) is 14.2 Å². The van der Waals surface area contributed by atoms with Crippen molar-refractivity contribution in [2.75, 3.05) is 49.1 Å². The first-order valence-electron chi connectivity index (χ1n) is 13.3. The van der Waals surface area contributed by atoms with Gasteiger partial charge in [0.25, 0.3) is 10.1 Å². The molecule has 11 heteroatoms. The lowest BCUT2D eigenvalue weighted by atomic mass is 9.73. The largest absolute Gasteiger partial charge is 0.493 e. The maximum Gasteiger partial charge on any atom is 0.305 e. The van der Waals surface area contributed by atoms with E-state index in [-0.39, 0.29) is 10.9 Å². The molecule has 228 valence electrons. The van der Waals surface area contributed by atoms with E-state index < -0.39 is 15.7 Å². The number of ether oxygens (including phenoxy) is 5. The molecule has 0 saturated heterocycles. The predicted octanol–water partition coefficient (Wildman–Crippen LogP) is 4.53. The Morgan fingerprint density at radius 2 is 1.45 bits per heavy atom. The number of likely N-dealkylation sites (N-methyl/N-ethyl adjacent to an activating group) is 1. The van der Waals surface area contributed by atoms with E-state index in [1.165, 1.54) is 24.8 Å². The van der Waals surface area contributed by atoms with E-state index in [0.717, 1.165) is 24.1 Å². The molecule has 0 bridgehead atoms. The minimum absolute atomic E-state index is 0.0741. The number of fused-ring (bicyclic) bond motifs is 1. The van der Waals surface area contributed by atoms with E-state index in [0.29, 0.717) is 42.3 Å². The Bertz CT molecular complexity index is 1460. The summed E-state index contributed by atoms with van der Waals surface area (Å²) < 4.78 is 56.3. The average molecular weight is 602 g/mol. The van der Waals surface area contributed by atoms with Crippen molar-refractivity contribution < 1.29 is 41.4 Å². The molecule has 0 saturated carbocycles. The summed E-state index contributed by atoms with van der Waals surface area (Å²) in [6.07, 6.45) is 2.48. The van der Waals surface area contributed by atoms with Gasteiger partial charge in [0.1, 0.15) is 0 Å². The Kier molecular flexibility index (Phi) is 11.2. The zero-order valence-corrected chi connectivity index (χ0v) is 25.7. The molecule has 3 aromatic carbocycles. The van der Waals surface area contributed by atoms with Gasteiger partial charge in [0.2, 0.25) is 0 Å². The van der Waals surface area contributed by atoms with Gasteiger partial charge in [-0.15, -0.1) is 0 Å². The van der Waals surface area contributed by atoms with Gasteiger partial charge in [-0.1, -0.05) is 24.3 Å². The highest BCUT2D eigenvalue weighted by atomic mass is 32.2. The van der Waals surface area contributed by atoms with Crippen molar-refractivity contribution in [2.45, 2.75) is 36.1 Å². The minimum Gasteiger partial charge on any atom is -0.493 e. The van der Waals surface area contributed by atoms with Crippen LogP contribution < -0.4 is 18.9 Å². The molecule has 0 aromatic heterocycles. The smallest absolute Gasteiger partial charge is 0.305 e. The summed E-state index contributed by atoms with van der Waals surface area (Å²) in [7, 11) is 6.08. The van der Waals surface area contributed by atoms with Gasteiger partial charge in [-0.25, -0.2) is 0 Å². The van der Waals surface area contributed by atoms with Crippen LogP contribution in [-0.4, -0.2) is 73.0 Å². The first-order valence-corrected chi connectivity index (χ1v) is 14.7. The molecule has 0 amide bonds. The van der Waals surface area contributed by atoms with Gasteiger partial charge in [-0.05, 0) is 79.4 Å². The molecule has 3 aromatic rings.